The highest BCUT2D eigenvalue weighted by atomic mass is 32.2. The van der Waals surface area contributed by atoms with Crippen LogP contribution in [0.4, 0.5) is 5.69 Å². The lowest BCUT2D eigenvalue weighted by molar-refractivity contribution is -0.385. The molecule has 0 spiro atoms. The van der Waals surface area contributed by atoms with Crippen LogP contribution in [0.2, 0.25) is 0 Å². The van der Waals surface area contributed by atoms with Crippen molar-refractivity contribution in [3.63, 3.8) is 0 Å². The van der Waals surface area contributed by atoms with Crippen LogP contribution in [0.3, 0.4) is 0 Å². The molecule has 0 N–H and O–H groups in total. The first-order chi connectivity index (χ1) is 14.9. The van der Waals surface area contributed by atoms with Crippen molar-refractivity contribution in [3.05, 3.63) is 45.2 Å². The van der Waals surface area contributed by atoms with Crippen LogP contribution in [0.15, 0.2) is 29.5 Å². The summed E-state index contributed by atoms with van der Waals surface area (Å²) in [6.45, 7) is 8.94. The van der Waals surface area contributed by atoms with E-state index >= 15 is 0 Å². The van der Waals surface area contributed by atoms with Gasteiger partial charge in [0, 0.05) is 0 Å². The Morgan fingerprint density at radius 3 is 2.18 bits per heavy atom. The monoisotopic (exact) mass is 483 g/mol. The summed E-state index contributed by atoms with van der Waals surface area (Å²) >= 11 is 0. The summed E-state index contributed by atoms with van der Waals surface area (Å²) < 4.78 is 38.5. The molecule has 0 saturated heterocycles. The number of benzene rings is 1. The number of hydrogen-bond donors (Lipinski definition) is 0. The molecule has 0 aliphatic carbocycles. The maximum absolute atomic E-state index is 13.5. The Hall–Kier alpha value is -3.12. The molecule has 0 atom stereocenters. The van der Waals surface area contributed by atoms with Crippen LogP contribution in [0.25, 0.3) is 0 Å². The first-order valence-corrected chi connectivity index (χ1v) is 11.6. The van der Waals surface area contributed by atoms with E-state index in [-0.39, 0.29) is 11.5 Å². The topological polar surface area (TPSA) is 156 Å². The van der Waals surface area contributed by atoms with Gasteiger partial charge in [0.05, 0.1) is 23.2 Å². The number of nitrogens with zero attached hydrogens (tertiary/aromatic N) is 1. The fourth-order valence-corrected chi connectivity index (χ4v) is 3.70. The summed E-state index contributed by atoms with van der Waals surface area (Å²) in [5.41, 5.74) is -4.78. The average Bonchev–Trinajstić information content (AvgIpc) is 2.63. The highest BCUT2D eigenvalue weighted by molar-refractivity contribution is 7.86. The Kier molecular flexibility index (Phi) is 6.87. The van der Waals surface area contributed by atoms with Gasteiger partial charge in [-0.1, -0.05) is 13.8 Å². The predicted octanol–water partition coefficient (Wildman–Crippen LogP) is 2.73. The number of nitro groups is 1. The molecule has 1 heterocycles. The molecule has 1 aliphatic heterocycles. The van der Waals surface area contributed by atoms with E-state index in [1.54, 1.807) is 13.8 Å². The smallest absolute Gasteiger partial charge is 0.313 e. The van der Waals surface area contributed by atoms with Gasteiger partial charge in [0.2, 0.25) is 11.6 Å². The molecule has 33 heavy (non-hydrogen) atoms. The van der Waals surface area contributed by atoms with Gasteiger partial charge in [0.15, 0.2) is 5.76 Å². The lowest BCUT2D eigenvalue weighted by Crippen LogP contribution is -2.52. The van der Waals surface area contributed by atoms with Gasteiger partial charge in [-0.3, -0.25) is 24.5 Å². The third-order valence-corrected chi connectivity index (χ3v) is 5.11. The summed E-state index contributed by atoms with van der Waals surface area (Å²) in [6.07, 6.45) is 0.753. The third kappa shape index (κ3) is 5.63. The lowest BCUT2D eigenvalue weighted by atomic mass is 9.82. The number of ether oxygens (including phenoxy) is 2. The Bertz CT molecular complexity index is 1180. The summed E-state index contributed by atoms with van der Waals surface area (Å²) in [5.74, 6) is -3.98. The molecule has 0 saturated carbocycles. The van der Waals surface area contributed by atoms with Crippen molar-refractivity contribution in [3.8, 4) is 5.75 Å². The number of nitro benzene ring substituents is 1. The molecule has 0 unspecified atom stereocenters. The second-order valence-electron chi connectivity index (χ2n) is 8.78. The van der Waals surface area contributed by atoms with Gasteiger partial charge >= 0.3 is 16.1 Å². The van der Waals surface area contributed by atoms with Crippen LogP contribution in [-0.2, 0) is 29.2 Å². The molecule has 1 aliphatic rings. The van der Waals surface area contributed by atoms with Crippen LogP contribution < -0.4 is 4.18 Å². The molecule has 0 fully saturated rings. The largest absolute Gasteiger partial charge is 0.427 e. The van der Waals surface area contributed by atoms with Gasteiger partial charge in [-0.2, -0.15) is 8.42 Å². The molecular formula is C21H25NO10S. The fourth-order valence-electron chi connectivity index (χ4n) is 3.25. The number of carbonyl (C=O) groups excluding carboxylic acids is 3. The Morgan fingerprint density at radius 1 is 1.12 bits per heavy atom. The molecule has 1 aromatic rings. The van der Waals surface area contributed by atoms with Gasteiger partial charge in [-0.15, -0.1) is 0 Å². The second kappa shape index (κ2) is 8.67. The summed E-state index contributed by atoms with van der Waals surface area (Å²) in [5, 5.41) is 11.6. The van der Waals surface area contributed by atoms with Crippen molar-refractivity contribution in [1.29, 1.82) is 0 Å². The molecule has 12 heteroatoms. The molecule has 0 amide bonds. The summed E-state index contributed by atoms with van der Waals surface area (Å²) in [7, 11) is -3.99. The van der Waals surface area contributed by atoms with E-state index in [1.165, 1.54) is 27.7 Å². The molecule has 2 rings (SSSR count). The number of esters is 1. The molecule has 0 radical (unpaired) electrons. The number of ketones is 2. The zero-order chi connectivity index (χ0) is 25.5. The van der Waals surface area contributed by atoms with Crippen molar-refractivity contribution in [2.45, 2.75) is 52.7 Å². The highest BCUT2D eigenvalue weighted by Gasteiger charge is 2.51. The van der Waals surface area contributed by atoms with Crippen molar-refractivity contribution < 1.29 is 41.4 Å². The van der Waals surface area contributed by atoms with Crippen molar-refractivity contribution >= 4 is 33.3 Å². The molecule has 0 aromatic heterocycles. The van der Waals surface area contributed by atoms with E-state index in [0.29, 0.717) is 0 Å². The van der Waals surface area contributed by atoms with E-state index in [9.17, 15) is 32.9 Å². The number of hydrogen-bond acceptors (Lipinski definition) is 10. The van der Waals surface area contributed by atoms with Crippen LogP contribution in [0.5, 0.6) is 5.75 Å². The molecule has 0 bridgehead atoms. The van der Waals surface area contributed by atoms with Crippen LogP contribution >= 0.6 is 0 Å². The Balaban J connectivity index is 2.77. The first-order valence-electron chi connectivity index (χ1n) is 9.81. The van der Waals surface area contributed by atoms with Crippen molar-refractivity contribution in [2.75, 3.05) is 6.26 Å². The van der Waals surface area contributed by atoms with E-state index in [4.69, 9.17) is 9.47 Å². The predicted molar refractivity (Wildman–Crippen MR) is 115 cm³/mol. The average molecular weight is 483 g/mol. The SMILES string of the molecule is CC(C)C(=O)OC1=C(C(=O)c2ccc(OS(C)(=O)=O)cc2[N+](=O)[O-])C(=O)C(C)(C)OC1(C)C. The van der Waals surface area contributed by atoms with Crippen LogP contribution in [0.1, 0.15) is 51.9 Å². The normalized spacial score (nSPS) is 17.6. The zero-order valence-electron chi connectivity index (χ0n) is 19.2. The third-order valence-electron chi connectivity index (χ3n) is 4.62. The zero-order valence-corrected chi connectivity index (χ0v) is 20.1. The maximum Gasteiger partial charge on any atom is 0.313 e. The summed E-state index contributed by atoms with van der Waals surface area (Å²) in [6, 6.07) is 2.77. The van der Waals surface area contributed by atoms with E-state index < -0.39 is 66.5 Å². The molecule has 180 valence electrons. The van der Waals surface area contributed by atoms with Crippen LogP contribution in [0, 0.1) is 16.0 Å². The maximum atomic E-state index is 13.5. The minimum atomic E-state index is -3.99. The molecule has 11 nitrogen and oxygen atoms in total. The fraction of sp³-hybridized carbons (Fsp3) is 0.476. The second-order valence-corrected chi connectivity index (χ2v) is 10.4. The quantitative estimate of drug-likeness (QED) is 0.141. The Labute approximate surface area is 191 Å². The number of rotatable bonds is 7. The van der Waals surface area contributed by atoms with Gasteiger partial charge < -0.3 is 13.7 Å². The molecule has 1 aromatic carbocycles. The number of Topliss-reactive ketones (excluding diaryl/α,β-unsaturated/α-hetero) is 2. The van der Waals surface area contributed by atoms with Gasteiger partial charge in [-0.05, 0) is 39.8 Å². The van der Waals surface area contributed by atoms with E-state index in [2.05, 4.69) is 4.18 Å². The van der Waals surface area contributed by atoms with Crippen molar-refractivity contribution in [2.24, 2.45) is 5.92 Å². The summed E-state index contributed by atoms with van der Waals surface area (Å²) in [4.78, 5) is 49.7. The van der Waals surface area contributed by atoms with Gasteiger partial charge in [-0.25, -0.2) is 0 Å². The van der Waals surface area contributed by atoms with Gasteiger partial charge in [0.1, 0.15) is 28.1 Å². The van der Waals surface area contributed by atoms with Gasteiger partial charge in [0.25, 0.3) is 5.69 Å². The standard InChI is InChI=1S/C21H25NO10S/c1-11(2)19(25)30-18-15(17(24)20(3,4)32-21(18,5)6)16(23)13-9-8-12(31-33(7,28)29)10-14(13)22(26)27/h8-11H,1-7H3. The first kappa shape index (κ1) is 26.1. The van der Waals surface area contributed by atoms with Crippen molar-refractivity contribution in [1.82, 2.24) is 0 Å². The van der Waals surface area contributed by atoms with E-state index in [1.807, 2.05) is 0 Å². The minimum Gasteiger partial charge on any atom is -0.427 e. The Morgan fingerprint density at radius 2 is 1.70 bits per heavy atom. The minimum absolute atomic E-state index is 0.360. The van der Waals surface area contributed by atoms with Crippen LogP contribution in [-0.4, -0.2) is 48.3 Å². The highest BCUT2D eigenvalue weighted by Crippen LogP contribution is 2.40. The lowest BCUT2D eigenvalue weighted by Gasteiger charge is -2.41. The number of carbonyl (C=O) groups is 3. The molecular weight excluding hydrogens is 458 g/mol. The van der Waals surface area contributed by atoms with E-state index in [0.717, 1.165) is 24.5 Å².